The Morgan fingerprint density at radius 3 is 2.90 bits per heavy atom. The van der Waals surface area contributed by atoms with E-state index >= 15 is 0 Å². The minimum Gasteiger partial charge on any atom is -0.450 e. The molecule has 0 saturated heterocycles. The molecule has 0 spiro atoms. The van der Waals surface area contributed by atoms with Crippen molar-refractivity contribution in [1.29, 1.82) is 0 Å². The molecule has 0 fully saturated rings. The Balaban J connectivity index is 3.05. The molecular formula is C6H12ClNO2. The van der Waals surface area contributed by atoms with E-state index in [9.17, 15) is 4.79 Å². The zero-order valence-corrected chi connectivity index (χ0v) is 6.78. The Hall–Kier alpha value is -0.440. The standard InChI is InChI=1S/C6H12ClNO2/c1-2-10-6(9)8-5-3-4-7/h2-5H2,1H3,(H,8,9). The summed E-state index contributed by atoms with van der Waals surface area (Å²) < 4.78 is 4.60. The zero-order valence-electron chi connectivity index (χ0n) is 6.02. The van der Waals surface area contributed by atoms with Crippen LogP contribution in [0.2, 0.25) is 0 Å². The van der Waals surface area contributed by atoms with Gasteiger partial charge >= 0.3 is 6.09 Å². The number of hydrogen-bond donors (Lipinski definition) is 1. The van der Waals surface area contributed by atoms with E-state index in [1.807, 2.05) is 0 Å². The smallest absolute Gasteiger partial charge is 0.407 e. The number of alkyl halides is 1. The average Bonchev–Trinajstić information content (AvgIpc) is 1.89. The summed E-state index contributed by atoms with van der Waals surface area (Å²) in [6, 6.07) is 0. The maximum absolute atomic E-state index is 10.5. The summed E-state index contributed by atoms with van der Waals surface area (Å²) in [4.78, 5) is 10.5. The van der Waals surface area contributed by atoms with Crippen molar-refractivity contribution in [2.24, 2.45) is 0 Å². The number of amides is 1. The first kappa shape index (κ1) is 9.56. The van der Waals surface area contributed by atoms with Crippen molar-refractivity contribution in [1.82, 2.24) is 5.32 Å². The largest absolute Gasteiger partial charge is 0.450 e. The summed E-state index contributed by atoms with van der Waals surface area (Å²) >= 11 is 5.37. The van der Waals surface area contributed by atoms with Crippen LogP contribution < -0.4 is 5.32 Å². The van der Waals surface area contributed by atoms with E-state index in [1.54, 1.807) is 6.92 Å². The van der Waals surface area contributed by atoms with Crippen LogP contribution in [0.15, 0.2) is 0 Å². The van der Waals surface area contributed by atoms with E-state index in [1.165, 1.54) is 0 Å². The predicted molar refractivity (Wildman–Crippen MR) is 40.4 cm³/mol. The highest BCUT2D eigenvalue weighted by Gasteiger charge is 1.96. The number of hydrogen-bond acceptors (Lipinski definition) is 2. The van der Waals surface area contributed by atoms with Gasteiger partial charge in [-0.15, -0.1) is 11.6 Å². The van der Waals surface area contributed by atoms with Crippen LogP contribution in [0.3, 0.4) is 0 Å². The molecule has 0 aliphatic rings. The number of nitrogens with one attached hydrogen (secondary N) is 1. The van der Waals surface area contributed by atoms with Crippen molar-refractivity contribution < 1.29 is 9.53 Å². The average molecular weight is 166 g/mol. The van der Waals surface area contributed by atoms with Gasteiger partial charge in [0.25, 0.3) is 0 Å². The molecule has 0 radical (unpaired) electrons. The van der Waals surface area contributed by atoms with Gasteiger partial charge in [-0.1, -0.05) is 0 Å². The molecule has 60 valence electrons. The highest BCUT2D eigenvalue weighted by atomic mass is 35.5. The monoisotopic (exact) mass is 165 g/mol. The predicted octanol–water partition coefficient (Wildman–Crippen LogP) is 1.36. The molecule has 0 bridgehead atoms. The van der Waals surface area contributed by atoms with Gasteiger partial charge in [-0.25, -0.2) is 4.79 Å². The van der Waals surface area contributed by atoms with Crippen molar-refractivity contribution in [2.75, 3.05) is 19.0 Å². The molecule has 3 nitrogen and oxygen atoms in total. The Labute approximate surface area is 65.7 Å². The van der Waals surface area contributed by atoms with E-state index in [2.05, 4.69) is 10.1 Å². The summed E-state index contributed by atoms with van der Waals surface area (Å²) in [6.07, 6.45) is 0.410. The van der Waals surface area contributed by atoms with Gasteiger partial charge in [0, 0.05) is 12.4 Å². The first-order chi connectivity index (χ1) is 4.81. The SMILES string of the molecule is CCOC(=O)NCCCCl. The van der Waals surface area contributed by atoms with E-state index in [0.29, 0.717) is 19.0 Å². The topological polar surface area (TPSA) is 38.3 Å². The van der Waals surface area contributed by atoms with Crippen molar-refractivity contribution in [3.63, 3.8) is 0 Å². The van der Waals surface area contributed by atoms with Crippen LogP contribution in [0.4, 0.5) is 4.79 Å². The van der Waals surface area contributed by atoms with E-state index in [0.717, 1.165) is 6.42 Å². The van der Waals surface area contributed by atoms with Gasteiger partial charge in [0.05, 0.1) is 6.61 Å². The molecule has 0 unspecified atom stereocenters. The lowest BCUT2D eigenvalue weighted by Gasteiger charge is -2.02. The second kappa shape index (κ2) is 6.68. The third-order valence-corrected chi connectivity index (χ3v) is 1.12. The van der Waals surface area contributed by atoms with Crippen molar-refractivity contribution in [3.8, 4) is 0 Å². The lowest BCUT2D eigenvalue weighted by Crippen LogP contribution is -2.25. The zero-order chi connectivity index (χ0) is 7.82. The van der Waals surface area contributed by atoms with Crippen LogP contribution in [-0.2, 0) is 4.74 Å². The molecule has 0 aliphatic carbocycles. The number of carbonyl (C=O) groups is 1. The number of alkyl carbamates (subject to hydrolysis) is 1. The molecule has 0 aromatic carbocycles. The maximum Gasteiger partial charge on any atom is 0.407 e. The van der Waals surface area contributed by atoms with Gasteiger partial charge in [-0.3, -0.25) is 0 Å². The van der Waals surface area contributed by atoms with Crippen LogP contribution in [0, 0.1) is 0 Å². The van der Waals surface area contributed by atoms with Crippen LogP contribution >= 0.6 is 11.6 Å². The quantitative estimate of drug-likeness (QED) is 0.505. The van der Waals surface area contributed by atoms with E-state index < -0.39 is 0 Å². The molecule has 0 heterocycles. The summed E-state index contributed by atoms with van der Waals surface area (Å²) in [5, 5.41) is 2.54. The molecule has 4 heteroatoms. The summed E-state index contributed by atoms with van der Waals surface area (Å²) in [5.41, 5.74) is 0. The molecular weight excluding hydrogens is 154 g/mol. The number of carbonyl (C=O) groups excluding carboxylic acids is 1. The Kier molecular flexibility index (Phi) is 6.38. The van der Waals surface area contributed by atoms with Crippen LogP contribution in [0.25, 0.3) is 0 Å². The molecule has 0 aromatic rings. The molecule has 0 saturated carbocycles. The fraction of sp³-hybridized carbons (Fsp3) is 0.833. The van der Waals surface area contributed by atoms with Crippen molar-refractivity contribution in [3.05, 3.63) is 0 Å². The van der Waals surface area contributed by atoms with Crippen LogP contribution in [0.5, 0.6) is 0 Å². The first-order valence-electron chi connectivity index (χ1n) is 3.27. The first-order valence-corrected chi connectivity index (χ1v) is 3.81. The summed E-state index contributed by atoms with van der Waals surface area (Å²) in [5.74, 6) is 0.562. The Bertz CT molecular complexity index is 97.7. The number of ether oxygens (including phenoxy) is 1. The molecule has 1 amide bonds. The molecule has 0 aliphatic heterocycles. The van der Waals surface area contributed by atoms with Crippen molar-refractivity contribution >= 4 is 17.7 Å². The van der Waals surface area contributed by atoms with Gasteiger partial charge in [-0.2, -0.15) is 0 Å². The normalized spacial score (nSPS) is 9.00. The van der Waals surface area contributed by atoms with Gasteiger partial charge < -0.3 is 10.1 Å². The minimum absolute atomic E-state index is 0.368. The molecule has 10 heavy (non-hydrogen) atoms. The van der Waals surface area contributed by atoms with Crippen molar-refractivity contribution in [2.45, 2.75) is 13.3 Å². The Morgan fingerprint density at radius 1 is 1.70 bits per heavy atom. The third-order valence-electron chi connectivity index (χ3n) is 0.855. The van der Waals surface area contributed by atoms with Crippen LogP contribution in [0.1, 0.15) is 13.3 Å². The number of halogens is 1. The number of rotatable bonds is 4. The van der Waals surface area contributed by atoms with Gasteiger partial charge in [0.1, 0.15) is 0 Å². The van der Waals surface area contributed by atoms with Crippen LogP contribution in [-0.4, -0.2) is 25.1 Å². The highest BCUT2D eigenvalue weighted by Crippen LogP contribution is 1.82. The third kappa shape index (κ3) is 5.69. The second-order valence-corrected chi connectivity index (χ2v) is 2.07. The van der Waals surface area contributed by atoms with E-state index in [-0.39, 0.29) is 6.09 Å². The second-order valence-electron chi connectivity index (χ2n) is 1.69. The van der Waals surface area contributed by atoms with E-state index in [4.69, 9.17) is 11.6 Å². The molecule has 0 rings (SSSR count). The lowest BCUT2D eigenvalue weighted by molar-refractivity contribution is 0.152. The fourth-order valence-corrected chi connectivity index (χ4v) is 0.573. The minimum atomic E-state index is -0.368. The summed E-state index contributed by atoms with van der Waals surface area (Å²) in [6.45, 7) is 2.76. The van der Waals surface area contributed by atoms with Gasteiger partial charge in [-0.05, 0) is 13.3 Å². The molecule has 0 atom stereocenters. The molecule has 0 aromatic heterocycles. The lowest BCUT2D eigenvalue weighted by atomic mass is 10.5. The highest BCUT2D eigenvalue weighted by molar-refractivity contribution is 6.17. The fourth-order valence-electron chi connectivity index (χ4n) is 0.439. The van der Waals surface area contributed by atoms with Gasteiger partial charge in [0.2, 0.25) is 0 Å². The Morgan fingerprint density at radius 2 is 2.40 bits per heavy atom. The molecule has 1 N–H and O–H groups in total. The maximum atomic E-state index is 10.5. The summed E-state index contributed by atoms with van der Waals surface area (Å²) in [7, 11) is 0. The van der Waals surface area contributed by atoms with Gasteiger partial charge in [0.15, 0.2) is 0 Å².